The number of hydrogen-bond donors (Lipinski definition) is 2. The van der Waals surface area contributed by atoms with Gasteiger partial charge < -0.3 is 10.0 Å². The van der Waals surface area contributed by atoms with Crippen LogP contribution in [0.3, 0.4) is 0 Å². The predicted octanol–water partition coefficient (Wildman–Crippen LogP) is 2.55. The van der Waals surface area contributed by atoms with Crippen molar-refractivity contribution in [3.8, 4) is 5.75 Å². The Morgan fingerprint density at radius 2 is 2.30 bits per heavy atom. The zero-order valence-corrected chi connectivity index (χ0v) is 12.5. The van der Waals surface area contributed by atoms with Gasteiger partial charge in [-0.05, 0) is 44.4 Å². The smallest absolute Gasteiger partial charge is 0.150 e. The Morgan fingerprint density at radius 1 is 1.45 bits per heavy atom. The molecule has 1 fully saturated rings. The van der Waals surface area contributed by atoms with Crippen molar-refractivity contribution >= 4 is 22.5 Å². The Balaban J connectivity index is 1.97. The van der Waals surface area contributed by atoms with Gasteiger partial charge >= 0.3 is 0 Å². The summed E-state index contributed by atoms with van der Waals surface area (Å²) >= 11 is 6.33. The van der Waals surface area contributed by atoms with Crippen LogP contribution in [0.4, 0.5) is 0 Å². The zero-order valence-electron chi connectivity index (χ0n) is 11.7. The monoisotopic (exact) mass is 291 g/mol. The second-order valence-corrected chi connectivity index (χ2v) is 6.15. The first kappa shape index (κ1) is 13.7. The van der Waals surface area contributed by atoms with Crippen LogP contribution in [0.1, 0.15) is 31.7 Å². The number of fused-ring (bicyclic) bond motifs is 1. The molecule has 20 heavy (non-hydrogen) atoms. The summed E-state index contributed by atoms with van der Waals surface area (Å²) in [4.78, 5) is 5.80. The highest BCUT2D eigenvalue weighted by Crippen LogP contribution is 2.32. The van der Waals surface area contributed by atoms with E-state index in [0.717, 1.165) is 17.5 Å². The van der Waals surface area contributed by atoms with Crippen molar-refractivity contribution in [2.45, 2.75) is 38.8 Å². The van der Waals surface area contributed by atoms with Crippen LogP contribution >= 0.6 is 11.6 Å². The molecule has 3 nitrogen and oxygen atoms in total. The molecule has 0 aliphatic carbocycles. The van der Waals surface area contributed by atoms with Crippen molar-refractivity contribution in [1.29, 1.82) is 0 Å². The first-order chi connectivity index (χ1) is 9.66. The highest BCUT2D eigenvalue weighted by atomic mass is 35.5. The molecule has 4 heteroatoms. The molecule has 1 saturated heterocycles. The molecule has 2 N–H and O–H groups in total. The Morgan fingerprint density at radius 3 is 3.10 bits per heavy atom. The summed E-state index contributed by atoms with van der Waals surface area (Å²) in [5.41, 5.74) is 1.52. The molecule has 1 aliphatic rings. The molecule has 3 rings (SSSR count). The Hall–Kier alpha value is -1.32. The fraction of sp³-hybridized carbons (Fsp3) is 0.438. The van der Waals surface area contributed by atoms with Crippen molar-refractivity contribution in [2.75, 3.05) is 6.54 Å². The van der Waals surface area contributed by atoms with Crippen LogP contribution in [0.25, 0.3) is 10.9 Å². The average Bonchev–Trinajstić information content (AvgIpc) is 2.47. The van der Waals surface area contributed by atoms with Crippen molar-refractivity contribution in [3.05, 3.63) is 35.0 Å². The van der Waals surface area contributed by atoms with Gasteiger partial charge in [0.1, 0.15) is 12.1 Å². The SMILES string of the molecule is C[C@@H]1CCCC[NH+]1Cc1cc(Cl)c2cccnc2c1O. The van der Waals surface area contributed by atoms with E-state index in [-0.39, 0.29) is 5.75 Å². The van der Waals surface area contributed by atoms with E-state index in [9.17, 15) is 5.11 Å². The summed E-state index contributed by atoms with van der Waals surface area (Å²) in [7, 11) is 0. The number of phenolic OH excluding ortho intramolecular Hbond substituents is 1. The van der Waals surface area contributed by atoms with Crippen LogP contribution in [-0.4, -0.2) is 22.7 Å². The van der Waals surface area contributed by atoms with E-state index >= 15 is 0 Å². The molecule has 0 bridgehead atoms. The standard InChI is InChI=1S/C16H19ClN2O/c1-11-5-2-3-8-19(11)10-12-9-14(17)13-6-4-7-18-15(13)16(12)20/h4,6-7,9,11,20H,2-3,5,8,10H2,1H3/p+1/t11-/m1/s1. The molecule has 0 spiro atoms. The number of quaternary nitrogens is 1. The lowest BCUT2D eigenvalue weighted by molar-refractivity contribution is -0.941. The van der Waals surface area contributed by atoms with Crippen LogP contribution in [0.5, 0.6) is 5.75 Å². The molecule has 1 aromatic heterocycles. The fourth-order valence-electron chi connectivity index (χ4n) is 3.13. The van der Waals surface area contributed by atoms with E-state index in [4.69, 9.17) is 11.6 Å². The van der Waals surface area contributed by atoms with E-state index in [1.165, 1.54) is 30.7 Å². The fourth-order valence-corrected chi connectivity index (χ4v) is 3.42. The minimum Gasteiger partial charge on any atom is -0.505 e. The zero-order chi connectivity index (χ0) is 14.1. The molecule has 1 aliphatic heterocycles. The molecule has 106 valence electrons. The van der Waals surface area contributed by atoms with Gasteiger partial charge in [0.15, 0.2) is 5.75 Å². The molecule has 1 unspecified atom stereocenters. The number of likely N-dealkylation sites (tertiary alicyclic amines) is 1. The van der Waals surface area contributed by atoms with Gasteiger partial charge in [0.25, 0.3) is 0 Å². The van der Waals surface area contributed by atoms with Gasteiger partial charge in [0.2, 0.25) is 0 Å². The Labute approximate surface area is 124 Å². The van der Waals surface area contributed by atoms with Crippen LogP contribution in [0, 0.1) is 0 Å². The summed E-state index contributed by atoms with van der Waals surface area (Å²) in [6.45, 7) is 4.27. The number of phenols is 1. The van der Waals surface area contributed by atoms with Crippen LogP contribution < -0.4 is 4.90 Å². The first-order valence-corrected chi connectivity index (χ1v) is 7.64. The van der Waals surface area contributed by atoms with Gasteiger partial charge in [-0.25, -0.2) is 0 Å². The topological polar surface area (TPSA) is 37.6 Å². The number of piperidine rings is 1. The maximum Gasteiger partial charge on any atom is 0.150 e. The molecule has 2 heterocycles. The minimum atomic E-state index is 0.287. The number of halogens is 1. The number of nitrogens with zero attached hydrogens (tertiary/aromatic N) is 1. The normalized spacial score (nSPS) is 23.1. The average molecular weight is 292 g/mol. The number of nitrogens with one attached hydrogen (secondary N) is 1. The summed E-state index contributed by atoms with van der Waals surface area (Å²) in [6.07, 6.45) is 5.53. The lowest BCUT2D eigenvalue weighted by atomic mass is 10.0. The Kier molecular flexibility index (Phi) is 3.81. The lowest BCUT2D eigenvalue weighted by Gasteiger charge is -2.30. The van der Waals surface area contributed by atoms with E-state index in [0.29, 0.717) is 16.6 Å². The van der Waals surface area contributed by atoms with Crippen molar-refractivity contribution in [2.24, 2.45) is 0 Å². The number of benzene rings is 1. The minimum absolute atomic E-state index is 0.287. The van der Waals surface area contributed by atoms with Gasteiger partial charge in [-0.1, -0.05) is 11.6 Å². The lowest BCUT2D eigenvalue weighted by Crippen LogP contribution is -3.14. The summed E-state index contributed by atoms with van der Waals surface area (Å²) in [6, 6.07) is 6.27. The molecule has 0 radical (unpaired) electrons. The third kappa shape index (κ3) is 2.48. The van der Waals surface area contributed by atoms with Gasteiger partial charge in [-0.2, -0.15) is 0 Å². The van der Waals surface area contributed by atoms with Gasteiger partial charge in [0, 0.05) is 11.6 Å². The highest BCUT2D eigenvalue weighted by molar-refractivity contribution is 6.35. The number of pyridine rings is 1. The van der Waals surface area contributed by atoms with E-state index in [2.05, 4.69) is 11.9 Å². The first-order valence-electron chi connectivity index (χ1n) is 7.26. The largest absolute Gasteiger partial charge is 0.505 e. The quantitative estimate of drug-likeness (QED) is 0.892. The van der Waals surface area contributed by atoms with Crippen LogP contribution in [0.15, 0.2) is 24.4 Å². The summed E-state index contributed by atoms with van der Waals surface area (Å²) in [5.74, 6) is 0.287. The molecule has 0 saturated carbocycles. The van der Waals surface area contributed by atoms with Crippen LogP contribution in [0.2, 0.25) is 5.02 Å². The molecular formula is C16H20ClN2O+. The van der Waals surface area contributed by atoms with Crippen molar-refractivity contribution in [3.63, 3.8) is 0 Å². The molecule has 0 amide bonds. The molecule has 2 aromatic rings. The second-order valence-electron chi connectivity index (χ2n) is 5.75. The van der Waals surface area contributed by atoms with Crippen molar-refractivity contribution < 1.29 is 10.0 Å². The number of rotatable bonds is 2. The third-order valence-corrected chi connectivity index (χ3v) is 4.71. The summed E-state index contributed by atoms with van der Waals surface area (Å²) in [5, 5.41) is 11.9. The number of hydrogen-bond acceptors (Lipinski definition) is 2. The van der Waals surface area contributed by atoms with Crippen molar-refractivity contribution in [1.82, 2.24) is 4.98 Å². The van der Waals surface area contributed by atoms with E-state index in [1.807, 2.05) is 18.2 Å². The molecular weight excluding hydrogens is 272 g/mol. The number of aromatic hydroxyl groups is 1. The van der Waals surface area contributed by atoms with Gasteiger partial charge in [-0.3, -0.25) is 4.98 Å². The predicted molar refractivity (Wildman–Crippen MR) is 81.3 cm³/mol. The maximum absolute atomic E-state index is 10.5. The third-order valence-electron chi connectivity index (χ3n) is 4.39. The Bertz CT molecular complexity index is 629. The maximum atomic E-state index is 10.5. The van der Waals surface area contributed by atoms with Crippen LogP contribution in [-0.2, 0) is 6.54 Å². The van der Waals surface area contributed by atoms with E-state index in [1.54, 1.807) is 6.20 Å². The molecule has 1 aromatic carbocycles. The summed E-state index contributed by atoms with van der Waals surface area (Å²) < 4.78 is 0. The second kappa shape index (κ2) is 5.58. The van der Waals surface area contributed by atoms with Gasteiger partial charge in [-0.15, -0.1) is 0 Å². The molecule has 2 atom stereocenters. The van der Waals surface area contributed by atoms with Gasteiger partial charge in [0.05, 0.1) is 23.2 Å². The van der Waals surface area contributed by atoms with E-state index < -0.39 is 0 Å². The highest BCUT2D eigenvalue weighted by Gasteiger charge is 2.24. The number of aromatic nitrogens is 1.